The van der Waals surface area contributed by atoms with E-state index < -0.39 is 10.2 Å². The first-order chi connectivity index (χ1) is 9.39. The van der Waals surface area contributed by atoms with E-state index in [0.29, 0.717) is 31.0 Å². The topological polar surface area (TPSA) is 52.7 Å². The fraction of sp³-hybridized carbons (Fsp3) is 1.00. The number of rotatable bonds is 3. The van der Waals surface area contributed by atoms with Gasteiger partial charge in [0.1, 0.15) is 0 Å². The maximum atomic E-state index is 13.0. The molecule has 0 aromatic carbocycles. The molecule has 3 fully saturated rings. The van der Waals surface area contributed by atoms with E-state index in [0.717, 1.165) is 25.8 Å². The lowest BCUT2D eigenvalue weighted by atomic mass is 9.87. The predicted octanol–water partition coefficient (Wildman–Crippen LogP) is 1.03. The molecule has 6 heteroatoms. The van der Waals surface area contributed by atoms with Gasteiger partial charge >= 0.3 is 0 Å². The molecule has 3 saturated heterocycles. The SMILES string of the molecule is CC(C)C1CCC(C)N(S(=O)(=O)N2C[C@@H]3C[C@H]2CN3)C1. The van der Waals surface area contributed by atoms with Crippen molar-refractivity contribution >= 4 is 10.2 Å². The van der Waals surface area contributed by atoms with Crippen LogP contribution in [-0.2, 0) is 10.2 Å². The number of nitrogens with zero attached hydrogens (tertiary/aromatic N) is 2. The number of piperidine rings is 1. The Morgan fingerprint density at radius 2 is 1.90 bits per heavy atom. The van der Waals surface area contributed by atoms with E-state index in [1.165, 1.54) is 0 Å². The normalized spacial score (nSPS) is 39.8. The van der Waals surface area contributed by atoms with E-state index in [1.807, 2.05) is 0 Å². The summed E-state index contributed by atoms with van der Waals surface area (Å²) in [6.45, 7) is 8.63. The van der Waals surface area contributed by atoms with Gasteiger partial charge in [-0.15, -0.1) is 0 Å². The van der Waals surface area contributed by atoms with Crippen molar-refractivity contribution in [3.63, 3.8) is 0 Å². The molecule has 0 radical (unpaired) electrons. The van der Waals surface area contributed by atoms with Crippen LogP contribution in [-0.4, -0.2) is 54.8 Å². The monoisotopic (exact) mass is 301 g/mol. The van der Waals surface area contributed by atoms with Gasteiger partial charge in [0.15, 0.2) is 0 Å². The molecule has 20 heavy (non-hydrogen) atoms. The van der Waals surface area contributed by atoms with Gasteiger partial charge in [-0.2, -0.15) is 17.0 Å². The Labute approximate surface area is 122 Å². The van der Waals surface area contributed by atoms with Crippen LogP contribution in [0, 0.1) is 11.8 Å². The zero-order valence-electron chi connectivity index (χ0n) is 12.7. The third-order valence-corrected chi connectivity index (χ3v) is 7.54. The molecule has 3 rings (SSSR count). The molecule has 116 valence electrons. The summed E-state index contributed by atoms with van der Waals surface area (Å²) in [5, 5.41) is 3.37. The minimum Gasteiger partial charge on any atom is -0.311 e. The summed E-state index contributed by atoms with van der Waals surface area (Å²) in [6, 6.07) is 0.689. The summed E-state index contributed by atoms with van der Waals surface area (Å²) in [7, 11) is -3.28. The zero-order valence-corrected chi connectivity index (χ0v) is 13.6. The Morgan fingerprint density at radius 3 is 2.45 bits per heavy atom. The van der Waals surface area contributed by atoms with Crippen LogP contribution in [0.2, 0.25) is 0 Å². The van der Waals surface area contributed by atoms with Crippen molar-refractivity contribution in [2.24, 2.45) is 11.8 Å². The smallest absolute Gasteiger partial charge is 0.282 e. The van der Waals surface area contributed by atoms with Crippen LogP contribution in [0.15, 0.2) is 0 Å². The molecule has 0 saturated carbocycles. The van der Waals surface area contributed by atoms with Gasteiger partial charge in [0.25, 0.3) is 10.2 Å². The first kappa shape index (κ1) is 14.8. The van der Waals surface area contributed by atoms with Gasteiger partial charge in [0, 0.05) is 37.8 Å². The highest BCUT2D eigenvalue weighted by Crippen LogP contribution is 2.34. The van der Waals surface area contributed by atoms with E-state index in [1.54, 1.807) is 8.61 Å². The van der Waals surface area contributed by atoms with Crippen LogP contribution in [0.4, 0.5) is 0 Å². The molecular weight excluding hydrogens is 274 g/mol. The number of hydrogen-bond donors (Lipinski definition) is 1. The largest absolute Gasteiger partial charge is 0.311 e. The minimum atomic E-state index is -3.28. The number of piperazine rings is 1. The van der Waals surface area contributed by atoms with E-state index in [-0.39, 0.29) is 12.1 Å². The van der Waals surface area contributed by atoms with Crippen molar-refractivity contribution in [1.29, 1.82) is 0 Å². The lowest BCUT2D eigenvalue weighted by Crippen LogP contribution is -2.56. The highest BCUT2D eigenvalue weighted by Gasteiger charge is 2.47. The van der Waals surface area contributed by atoms with E-state index in [9.17, 15) is 8.42 Å². The van der Waals surface area contributed by atoms with Crippen molar-refractivity contribution in [2.45, 2.75) is 58.2 Å². The van der Waals surface area contributed by atoms with E-state index >= 15 is 0 Å². The second-order valence-electron chi connectivity index (χ2n) is 7.07. The average molecular weight is 301 g/mol. The number of nitrogens with one attached hydrogen (secondary N) is 1. The van der Waals surface area contributed by atoms with E-state index in [2.05, 4.69) is 26.1 Å². The Bertz CT molecular complexity index is 465. The van der Waals surface area contributed by atoms with Crippen LogP contribution >= 0.6 is 0 Å². The first-order valence-corrected chi connectivity index (χ1v) is 9.31. The highest BCUT2D eigenvalue weighted by atomic mass is 32.2. The molecule has 2 bridgehead atoms. The molecule has 3 heterocycles. The van der Waals surface area contributed by atoms with Gasteiger partial charge in [-0.05, 0) is 38.0 Å². The fourth-order valence-corrected chi connectivity index (χ4v) is 6.02. The third kappa shape index (κ3) is 2.40. The molecule has 0 amide bonds. The van der Waals surface area contributed by atoms with Crippen molar-refractivity contribution < 1.29 is 8.42 Å². The number of hydrogen-bond acceptors (Lipinski definition) is 3. The van der Waals surface area contributed by atoms with Crippen molar-refractivity contribution in [3.05, 3.63) is 0 Å². The maximum absolute atomic E-state index is 13.0. The van der Waals surface area contributed by atoms with Crippen LogP contribution < -0.4 is 5.32 Å². The summed E-state index contributed by atoms with van der Waals surface area (Å²) in [5.41, 5.74) is 0. The van der Waals surface area contributed by atoms with Gasteiger partial charge in [0.2, 0.25) is 0 Å². The highest BCUT2D eigenvalue weighted by molar-refractivity contribution is 7.86. The lowest BCUT2D eigenvalue weighted by molar-refractivity contribution is 0.160. The van der Waals surface area contributed by atoms with Crippen LogP contribution in [0.3, 0.4) is 0 Å². The standard InChI is InChI=1S/C14H27N3O2S/c1-10(2)12-5-4-11(3)16(8-12)20(18,19)17-9-13-6-14(17)7-15-13/h10-15H,4-9H2,1-3H3/t11?,12?,13-,14-/m0/s1. The van der Waals surface area contributed by atoms with Crippen molar-refractivity contribution in [2.75, 3.05) is 19.6 Å². The van der Waals surface area contributed by atoms with Gasteiger partial charge in [-0.1, -0.05) is 13.8 Å². The average Bonchev–Trinajstić information content (AvgIpc) is 3.01. The van der Waals surface area contributed by atoms with Gasteiger partial charge < -0.3 is 5.32 Å². The molecule has 0 aliphatic carbocycles. The molecule has 2 unspecified atom stereocenters. The molecule has 4 atom stereocenters. The summed E-state index contributed by atoms with van der Waals surface area (Å²) in [6.07, 6.45) is 3.12. The Balaban J connectivity index is 1.79. The third-order valence-electron chi connectivity index (χ3n) is 5.40. The Kier molecular flexibility index (Phi) is 3.86. The van der Waals surface area contributed by atoms with Crippen molar-refractivity contribution in [1.82, 2.24) is 13.9 Å². The molecule has 0 aromatic heterocycles. The maximum Gasteiger partial charge on any atom is 0.282 e. The zero-order chi connectivity index (χ0) is 14.5. The molecule has 5 nitrogen and oxygen atoms in total. The molecule has 3 aliphatic rings. The summed E-state index contributed by atoms with van der Waals surface area (Å²) >= 11 is 0. The quantitative estimate of drug-likeness (QED) is 0.847. The Morgan fingerprint density at radius 1 is 1.15 bits per heavy atom. The van der Waals surface area contributed by atoms with Crippen molar-refractivity contribution in [3.8, 4) is 0 Å². The number of fused-ring (bicyclic) bond motifs is 2. The van der Waals surface area contributed by atoms with Gasteiger partial charge in [-0.25, -0.2) is 0 Å². The second-order valence-corrected chi connectivity index (χ2v) is 8.91. The summed E-state index contributed by atoms with van der Waals surface area (Å²) in [5.74, 6) is 1.05. The summed E-state index contributed by atoms with van der Waals surface area (Å²) < 4.78 is 29.5. The molecule has 0 aromatic rings. The fourth-order valence-electron chi connectivity index (χ4n) is 3.91. The van der Waals surface area contributed by atoms with E-state index in [4.69, 9.17) is 0 Å². The lowest BCUT2D eigenvalue weighted by Gasteiger charge is -2.41. The van der Waals surface area contributed by atoms with Crippen LogP contribution in [0.1, 0.15) is 40.0 Å². The summed E-state index contributed by atoms with van der Waals surface area (Å²) in [4.78, 5) is 0. The van der Waals surface area contributed by atoms with Gasteiger partial charge in [-0.3, -0.25) is 0 Å². The molecule has 0 spiro atoms. The molecule has 1 N–H and O–H groups in total. The molecule has 3 aliphatic heterocycles. The second kappa shape index (κ2) is 5.23. The minimum absolute atomic E-state index is 0.141. The Hall–Kier alpha value is -0.170. The predicted molar refractivity (Wildman–Crippen MR) is 79.6 cm³/mol. The van der Waals surface area contributed by atoms with Crippen LogP contribution in [0.5, 0.6) is 0 Å². The first-order valence-electron chi connectivity index (χ1n) is 7.91. The molecular formula is C14H27N3O2S. The van der Waals surface area contributed by atoms with Crippen LogP contribution in [0.25, 0.3) is 0 Å². The van der Waals surface area contributed by atoms with Gasteiger partial charge in [0.05, 0.1) is 0 Å².